The van der Waals surface area contributed by atoms with Crippen molar-refractivity contribution in [3.8, 4) is 0 Å². The molecule has 1 amide bonds. The van der Waals surface area contributed by atoms with Gasteiger partial charge in [-0.1, -0.05) is 6.42 Å². The molecule has 2 fully saturated rings. The largest absolute Gasteiger partial charge is 0.273 e. The van der Waals surface area contributed by atoms with Crippen molar-refractivity contribution in [3.63, 3.8) is 0 Å². The van der Waals surface area contributed by atoms with Crippen molar-refractivity contribution >= 4 is 5.91 Å². The van der Waals surface area contributed by atoms with Gasteiger partial charge < -0.3 is 0 Å². The summed E-state index contributed by atoms with van der Waals surface area (Å²) in [6.07, 6.45) is 4.53. The summed E-state index contributed by atoms with van der Waals surface area (Å²) in [5.41, 5.74) is 2.38. The van der Waals surface area contributed by atoms with Gasteiger partial charge in [-0.25, -0.2) is 5.48 Å². The highest BCUT2D eigenvalue weighted by Gasteiger charge is 2.34. The topological polar surface area (TPSA) is 38.3 Å². The van der Waals surface area contributed by atoms with Gasteiger partial charge in [-0.2, -0.15) is 0 Å². The van der Waals surface area contributed by atoms with Crippen molar-refractivity contribution in [1.82, 2.24) is 5.48 Å². The van der Waals surface area contributed by atoms with Crippen molar-refractivity contribution in [1.29, 1.82) is 0 Å². The maximum absolute atomic E-state index is 10.7. The highest BCUT2D eigenvalue weighted by atomic mass is 16.7. The Bertz CT molecular complexity index is 154. The molecule has 1 saturated heterocycles. The van der Waals surface area contributed by atoms with Crippen molar-refractivity contribution in [3.05, 3.63) is 0 Å². The lowest BCUT2D eigenvalue weighted by Crippen LogP contribution is -2.26. The summed E-state index contributed by atoms with van der Waals surface area (Å²) in [6, 6.07) is 0. The Labute approximate surface area is 59.7 Å². The maximum Gasteiger partial charge on any atom is 0.246 e. The standard InChI is InChI=1S/C7H11NO2/c9-7-4-6(10-8-7)5-2-1-3-5/h5-6H,1-4H2,(H,8,9). The van der Waals surface area contributed by atoms with Crippen LogP contribution in [0.5, 0.6) is 0 Å². The number of carbonyl (C=O) groups excluding carboxylic acids is 1. The summed E-state index contributed by atoms with van der Waals surface area (Å²) in [5, 5.41) is 0. The molecule has 1 N–H and O–H groups in total. The van der Waals surface area contributed by atoms with Gasteiger partial charge in [-0.05, 0) is 18.8 Å². The average molecular weight is 141 g/mol. The first-order chi connectivity index (χ1) is 4.86. The minimum atomic E-state index is 0.0388. The van der Waals surface area contributed by atoms with Crippen LogP contribution in [0, 0.1) is 5.92 Å². The van der Waals surface area contributed by atoms with E-state index in [4.69, 9.17) is 4.84 Å². The van der Waals surface area contributed by atoms with Gasteiger partial charge in [0.05, 0.1) is 12.5 Å². The summed E-state index contributed by atoms with van der Waals surface area (Å²) < 4.78 is 0. The first-order valence-corrected chi connectivity index (χ1v) is 3.81. The molecule has 0 bridgehead atoms. The zero-order valence-corrected chi connectivity index (χ0v) is 5.80. The second kappa shape index (κ2) is 2.23. The molecule has 10 heavy (non-hydrogen) atoms. The van der Waals surface area contributed by atoms with E-state index in [1.165, 1.54) is 19.3 Å². The second-order valence-corrected chi connectivity index (χ2v) is 3.08. The molecule has 56 valence electrons. The highest BCUT2D eigenvalue weighted by Crippen LogP contribution is 2.33. The molecular formula is C7H11NO2. The fourth-order valence-electron chi connectivity index (χ4n) is 1.48. The number of amides is 1. The van der Waals surface area contributed by atoms with Crippen LogP contribution in [0.15, 0.2) is 0 Å². The van der Waals surface area contributed by atoms with Crippen LogP contribution in [-0.4, -0.2) is 12.0 Å². The van der Waals surface area contributed by atoms with E-state index in [2.05, 4.69) is 5.48 Å². The van der Waals surface area contributed by atoms with E-state index in [-0.39, 0.29) is 12.0 Å². The zero-order valence-electron chi connectivity index (χ0n) is 5.80. The Morgan fingerprint density at radius 3 is 2.70 bits per heavy atom. The molecule has 1 atom stereocenters. The lowest BCUT2D eigenvalue weighted by atomic mass is 9.80. The third-order valence-electron chi connectivity index (χ3n) is 2.39. The summed E-state index contributed by atoms with van der Waals surface area (Å²) in [6.45, 7) is 0. The second-order valence-electron chi connectivity index (χ2n) is 3.08. The molecule has 0 aromatic rings. The van der Waals surface area contributed by atoms with Gasteiger partial charge in [0, 0.05) is 0 Å². The van der Waals surface area contributed by atoms with Crippen molar-refractivity contribution in [2.45, 2.75) is 31.8 Å². The molecule has 0 aromatic carbocycles. The number of hydrogen-bond donors (Lipinski definition) is 1. The van der Waals surface area contributed by atoms with Gasteiger partial charge in [0.15, 0.2) is 0 Å². The molecule has 1 heterocycles. The molecule has 3 heteroatoms. The van der Waals surface area contributed by atoms with E-state index in [0.717, 1.165) is 0 Å². The normalized spacial score (nSPS) is 33.6. The lowest BCUT2D eigenvalue weighted by Gasteiger charge is -2.28. The number of hydrogen-bond acceptors (Lipinski definition) is 2. The van der Waals surface area contributed by atoms with E-state index < -0.39 is 0 Å². The van der Waals surface area contributed by atoms with Crippen LogP contribution < -0.4 is 5.48 Å². The number of carbonyl (C=O) groups is 1. The summed E-state index contributed by atoms with van der Waals surface area (Å²) in [4.78, 5) is 15.7. The predicted octanol–water partition coefficient (Wildman–Crippen LogP) is 0.607. The van der Waals surface area contributed by atoms with Crippen molar-refractivity contribution in [2.24, 2.45) is 5.92 Å². The van der Waals surface area contributed by atoms with Gasteiger partial charge in [0.2, 0.25) is 5.91 Å². The fourth-order valence-corrected chi connectivity index (χ4v) is 1.48. The highest BCUT2D eigenvalue weighted by molar-refractivity contribution is 5.76. The van der Waals surface area contributed by atoms with Gasteiger partial charge in [-0.15, -0.1) is 0 Å². The predicted molar refractivity (Wildman–Crippen MR) is 35.0 cm³/mol. The average Bonchev–Trinajstić information content (AvgIpc) is 2.10. The van der Waals surface area contributed by atoms with Gasteiger partial charge >= 0.3 is 0 Å². The number of hydroxylamine groups is 1. The third kappa shape index (κ3) is 0.904. The molecule has 1 aliphatic carbocycles. The molecule has 1 unspecified atom stereocenters. The maximum atomic E-state index is 10.7. The van der Waals surface area contributed by atoms with Crippen LogP contribution in [0.4, 0.5) is 0 Å². The molecule has 0 aromatic heterocycles. The zero-order chi connectivity index (χ0) is 6.97. The van der Waals surface area contributed by atoms with E-state index in [9.17, 15) is 4.79 Å². The van der Waals surface area contributed by atoms with Crippen molar-refractivity contribution in [2.75, 3.05) is 0 Å². The molecule has 1 saturated carbocycles. The van der Waals surface area contributed by atoms with Gasteiger partial charge in [0.1, 0.15) is 0 Å². The molecule has 0 radical (unpaired) electrons. The number of rotatable bonds is 1. The van der Waals surface area contributed by atoms with Crippen LogP contribution in [0.1, 0.15) is 25.7 Å². The van der Waals surface area contributed by atoms with Gasteiger partial charge in [-0.3, -0.25) is 9.63 Å². The van der Waals surface area contributed by atoms with Crippen molar-refractivity contribution < 1.29 is 9.63 Å². The molecule has 1 aliphatic heterocycles. The SMILES string of the molecule is O=C1CC(C2CCC2)ON1. The first kappa shape index (κ1) is 6.16. The number of nitrogens with one attached hydrogen (secondary N) is 1. The lowest BCUT2D eigenvalue weighted by molar-refractivity contribution is -0.125. The van der Waals surface area contributed by atoms with Crippen LogP contribution in [-0.2, 0) is 9.63 Å². The first-order valence-electron chi connectivity index (χ1n) is 3.81. The Kier molecular flexibility index (Phi) is 1.38. The molecule has 0 spiro atoms. The fraction of sp³-hybridized carbons (Fsp3) is 0.857. The third-order valence-corrected chi connectivity index (χ3v) is 2.39. The molecular weight excluding hydrogens is 130 g/mol. The Balaban J connectivity index is 1.88. The van der Waals surface area contributed by atoms with E-state index >= 15 is 0 Å². The van der Waals surface area contributed by atoms with Crippen LogP contribution in [0.25, 0.3) is 0 Å². The van der Waals surface area contributed by atoms with Gasteiger partial charge in [0.25, 0.3) is 0 Å². The minimum Gasteiger partial charge on any atom is -0.273 e. The summed E-state index contributed by atoms with van der Waals surface area (Å²) in [5.74, 6) is 0.691. The minimum absolute atomic E-state index is 0.0388. The summed E-state index contributed by atoms with van der Waals surface area (Å²) in [7, 11) is 0. The van der Waals surface area contributed by atoms with Crippen LogP contribution >= 0.6 is 0 Å². The Morgan fingerprint density at radius 2 is 2.30 bits per heavy atom. The smallest absolute Gasteiger partial charge is 0.246 e. The van der Waals surface area contributed by atoms with E-state index in [1.807, 2.05) is 0 Å². The Morgan fingerprint density at radius 1 is 1.50 bits per heavy atom. The van der Waals surface area contributed by atoms with Crippen LogP contribution in [0.3, 0.4) is 0 Å². The summed E-state index contributed by atoms with van der Waals surface area (Å²) >= 11 is 0. The molecule has 3 nitrogen and oxygen atoms in total. The molecule has 2 rings (SSSR count). The molecule has 2 aliphatic rings. The van der Waals surface area contributed by atoms with E-state index in [0.29, 0.717) is 12.3 Å². The monoisotopic (exact) mass is 141 g/mol. The Hall–Kier alpha value is -0.570. The quantitative estimate of drug-likeness (QED) is 0.581. The van der Waals surface area contributed by atoms with Crippen LogP contribution in [0.2, 0.25) is 0 Å². The van der Waals surface area contributed by atoms with E-state index in [1.54, 1.807) is 0 Å².